The Morgan fingerprint density at radius 1 is 0.879 bits per heavy atom. The fraction of sp³-hybridized carbons (Fsp3) is 0.458. The molecule has 2 aromatic carbocycles. The van der Waals surface area contributed by atoms with Crippen LogP contribution in [0.25, 0.3) is 0 Å². The summed E-state index contributed by atoms with van der Waals surface area (Å²) in [5, 5.41) is 0. The first-order valence-corrected chi connectivity index (χ1v) is 14.4. The van der Waals surface area contributed by atoms with Gasteiger partial charge in [-0.25, -0.2) is 16.8 Å². The van der Waals surface area contributed by atoms with Gasteiger partial charge in [-0.3, -0.25) is 4.79 Å². The molecule has 2 atom stereocenters. The number of hydrogen-bond acceptors (Lipinski definition) is 5. The molecule has 0 N–H and O–H groups in total. The maximum Gasteiger partial charge on any atom is 0.258 e. The van der Waals surface area contributed by atoms with Crippen LogP contribution in [0.4, 0.5) is 5.69 Å². The van der Waals surface area contributed by atoms with E-state index in [1.807, 2.05) is 13.8 Å². The summed E-state index contributed by atoms with van der Waals surface area (Å²) in [6, 6.07) is 12.0. The third-order valence-electron chi connectivity index (χ3n) is 5.85. The molecule has 1 fully saturated rings. The Morgan fingerprint density at radius 2 is 1.36 bits per heavy atom. The third-order valence-corrected chi connectivity index (χ3v) is 8.83. The van der Waals surface area contributed by atoms with Crippen LogP contribution in [-0.2, 0) is 19.9 Å². The minimum atomic E-state index is -3.63. The number of carbonyl (C=O) groups excluding carboxylic acids is 1. The first-order chi connectivity index (χ1) is 15.3. The molecule has 1 saturated heterocycles. The first-order valence-electron chi connectivity index (χ1n) is 11.0. The summed E-state index contributed by atoms with van der Waals surface area (Å²) in [6.07, 6.45) is 2.14. The van der Waals surface area contributed by atoms with Gasteiger partial charge in [0.15, 0.2) is 9.84 Å². The van der Waals surface area contributed by atoms with Gasteiger partial charge < -0.3 is 4.90 Å². The molecular weight excluding hydrogens is 460 g/mol. The van der Waals surface area contributed by atoms with E-state index in [1.54, 1.807) is 17.0 Å². The fourth-order valence-corrected chi connectivity index (χ4v) is 6.67. The number of piperidine rings is 1. The van der Waals surface area contributed by atoms with Gasteiger partial charge in [-0.15, -0.1) is 0 Å². The number of sulfonamides is 1. The molecule has 1 heterocycles. The molecule has 7 nitrogen and oxygen atoms in total. The van der Waals surface area contributed by atoms with Gasteiger partial charge in [0.2, 0.25) is 10.0 Å². The maximum absolute atomic E-state index is 13.3. The van der Waals surface area contributed by atoms with Crippen LogP contribution in [0.5, 0.6) is 0 Å². The van der Waals surface area contributed by atoms with E-state index in [0.29, 0.717) is 36.2 Å². The van der Waals surface area contributed by atoms with E-state index >= 15 is 0 Å². The van der Waals surface area contributed by atoms with Crippen molar-refractivity contribution < 1.29 is 21.6 Å². The molecular formula is C24H32N2O5S2. The minimum absolute atomic E-state index is 0.175. The van der Waals surface area contributed by atoms with E-state index in [-0.39, 0.29) is 21.7 Å². The van der Waals surface area contributed by atoms with Crippen molar-refractivity contribution in [2.75, 3.05) is 24.2 Å². The lowest BCUT2D eigenvalue weighted by Gasteiger charge is -2.34. The molecule has 2 aromatic rings. The van der Waals surface area contributed by atoms with Gasteiger partial charge in [0.1, 0.15) is 0 Å². The lowest BCUT2D eigenvalue weighted by molar-refractivity contribution is 0.0980. The zero-order chi connectivity index (χ0) is 24.6. The first kappa shape index (κ1) is 25.4. The Balaban J connectivity index is 1.86. The fourth-order valence-electron chi connectivity index (χ4n) is 4.36. The quantitative estimate of drug-likeness (QED) is 0.611. The highest BCUT2D eigenvalue weighted by Gasteiger charge is 2.32. The summed E-state index contributed by atoms with van der Waals surface area (Å²) in [7, 11) is -6.96. The molecule has 1 amide bonds. The second-order valence-electron chi connectivity index (χ2n) is 9.33. The second-order valence-corrected chi connectivity index (χ2v) is 13.3. The highest BCUT2D eigenvalue weighted by Crippen LogP contribution is 2.28. The SMILES string of the molecule is CC1CC(C)CN(S(=O)(=O)c2ccc(C(=O)N(c3ccc(S(C)(=O)=O)cc3)C(C)C)cc2)C1. The van der Waals surface area contributed by atoms with Crippen molar-refractivity contribution in [2.24, 2.45) is 11.8 Å². The van der Waals surface area contributed by atoms with Gasteiger partial charge in [0, 0.05) is 36.6 Å². The molecule has 0 radical (unpaired) electrons. The number of sulfone groups is 1. The zero-order valence-corrected chi connectivity index (χ0v) is 21.4. The van der Waals surface area contributed by atoms with E-state index in [9.17, 15) is 21.6 Å². The number of rotatable bonds is 6. The van der Waals surface area contributed by atoms with Crippen LogP contribution in [0.15, 0.2) is 58.3 Å². The molecule has 180 valence electrons. The largest absolute Gasteiger partial charge is 0.306 e. The van der Waals surface area contributed by atoms with Crippen LogP contribution in [0, 0.1) is 11.8 Å². The highest BCUT2D eigenvalue weighted by molar-refractivity contribution is 7.90. The van der Waals surface area contributed by atoms with Crippen molar-refractivity contribution in [1.82, 2.24) is 4.31 Å². The number of anilines is 1. The zero-order valence-electron chi connectivity index (χ0n) is 19.7. The van der Waals surface area contributed by atoms with Crippen molar-refractivity contribution in [3.05, 3.63) is 54.1 Å². The molecule has 0 aliphatic carbocycles. The average molecular weight is 493 g/mol. The smallest absolute Gasteiger partial charge is 0.258 e. The average Bonchev–Trinajstić information content (AvgIpc) is 2.72. The van der Waals surface area contributed by atoms with Crippen LogP contribution in [0.3, 0.4) is 0 Å². The van der Waals surface area contributed by atoms with Gasteiger partial charge >= 0.3 is 0 Å². The van der Waals surface area contributed by atoms with Crippen LogP contribution in [-0.4, -0.2) is 52.4 Å². The molecule has 0 spiro atoms. The normalized spacial score (nSPS) is 20.1. The van der Waals surface area contributed by atoms with Crippen LogP contribution in [0.2, 0.25) is 0 Å². The van der Waals surface area contributed by atoms with Gasteiger partial charge in [-0.05, 0) is 80.6 Å². The highest BCUT2D eigenvalue weighted by atomic mass is 32.2. The van der Waals surface area contributed by atoms with Crippen LogP contribution < -0.4 is 4.90 Å². The van der Waals surface area contributed by atoms with Gasteiger partial charge in [0.05, 0.1) is 9.79 Å². The maximum atomic E-state index is 13.3. The third kappa shape index (κ3) is 5.65. The molecule has 0 aromatic heterocycles. The molecule has 0 bridgehead atoms. The van der Waals surface area contributed by atoms with Gasteiger partial charge in [-0.1, -0.05) is 13.8 Å². The Kier molecular flexibility index (Phi) is 7.36. The van der Waals surface area contributed by atoms with Crippen molar-refractivity contribution in [1.29, 1.82) is 0 Å². The number of carbonyl (C=O) groups is 1. The summed E-state index contributed by atoms with van der Waals surface area (Å²) in [6.45, 7) is 8.83. The molecule has 1 aliphatic heterocycles. The Hall–Kier alpha value is -2.23. The topological polar surface area (TPSA) is 91.8 Å². The summed E-state index contributed by atoms with van der Waals surface area (Å²) in [5.41, 5.74) is 0.922. The summed E-state index contributed by atoms with van der Waals surface area (Å²) < 4.78 is 51.2. The predicted octanol–water partition coefficient (Wildman–Crippen LogP) is 3.81. The molecule has 1 aliphatic rings. The lowest BCUT2D eigenvalue weighted by atomic mass is 9.94. The number of amides is 1. The van der Waals surface area contributed by atoms with Gasteiger partial charge in [-0.2, -0.15) is 4.31 Å². The van der Waals surface area contributed by atoms with Crippen molar-refractivity contribution in [3.8, 4) is 0 Å². The van der Waals surface area contributed by atoms with Crippen LogP contribution >= 0.6 is 0 Å². The number of hydrogen-bond donors (Lipinski definition) is 0. The Labute approximate surface area is 197 Å². The number of benzene rings is 2. The molecule has 2 unspecified atom stereocenters. The van der Waals surface area contributed by atoms with Crippen molar-refractivity contribution >= 4 is 31.5 Å². The van der Waals surface area contributed by atoms with E-state index in [1.165, 1.54) is 40.7 Å². The molecule has 3 rings (SSSR count). The van der Waals surface area contributed by atoms with E-state index in [4.69, 9.17) is 0 Å². The van der Waals surface area contributed by atoms with E-state index in [0.717, 1.165) is 12.7 Å². The predicted molar refractivity (Wildman–Crippen MR) is 130 cm³/mol. The second kappa shape index (κ2) is 9.56. The number of nitrogens with zero attached hydrogens (tertiary/aromatic N) is 2. The summed E-state index contributed by atoms with van der Waals surface area (Å²) in [5.74, 6) is 0.317. The standard InChI is InChI=1S/C24H32N2O5S2/c1-17(2)26(21-8-12-22(13-9-21)32(5,28)29)24(27)20-6-10-23(11-7-20)33(30,31)25-15-18(3)14-19(4)16-25/h6-13,17-19H,14-16H2,1-5H3. The van der Waals surface area contributed by atoms with Crippen molar-refractivity contribution in [2.45, 2.75) is 49.9 Å². The molecule has 9 heteroatoms. The van der Waals surface area contributed by atoms with Crippen LogP contribution in [0.1, 0.15) is 44.5 Å². The Morgan fingerprint density at radius 3 is 1.82 bits per heavy atom. The summed E-state index contributed by atoms with van der Waals surface area (Å²) >= 11 is 0. The molecule has 0 saturated carbocycles. The summed E-state index contributed by atoms with van der Waals surface area (Å²) in [4.78, 5) is 15.2. The minimum Gasteiger partial charge on any atom is -0.306 e. The Bertz CT molecular complexity index is 1190. The van der Waals surface area contributed by atoms with Gasteiger partial charge in [0.25, 0.3) is 5.91 Å². The monoisotopic (exact) mass is 492 g/mol. The van der Waals surface area contributed by atoms with E-state index in [2.05, 4.69) is 13.8 Å². The van der Waals surface area contributed by atoms with E-state index < -0.39 is 19.9 Å². The lowest BCUT2D eigenvalue weighted by Crippen LogP contribution is -2.42. The van der Waals surface area contributed by atoms with Crippen molar-refractivity contribution in [3.63, 3.8) is 0 Å². The molecule has 33 heavy (non-hydrogen) atoms.